The van der Waals surface area contributed by atoms with Gasteiger partial charge >= 0.3 is 0 Å². The molecule has 0 unspecified atom stereocenters. The summed E-state index contributed by atoms with van der Waals surface area (Å²) in [6.45, 7) is 2.23. The van der Waals surface area contributed by atoms with E-state index in [4.69, 9.17) is 0 Å². The summed E-state index contributed by atoms with van der Waals surface area (Å²) in [7, 11) is 1.86. The fraction of sp³-hybridized carbons (Fsp3) is 0.353. The second-order valence-electron chi connectivity index (χ2n) is 5.61. The Kier molecular flexibility index (Phi) is 4.71. The number of carbonyl (C=O) groups excluding carboxylic acids is 1. The average molecular weight is 311 g/mol. The Balaban J connectivity index is 1.46. The topological polar surface area (TPSA) is 56.0 Å². The van der Waals surface area contributed by atoms with Crippen molar-refractivity contribution in [1.82, 2.24) is 24.2 Å². The number of rotatable bonds is 7. The number of carbonyl (C=O) groups is 1. The van der Waals surface area contributed by atoms with Gasteiger partial charge in [-0.25, -0.2) is 4.98 Å². The zero-order valence-electron chi connectivity index (χ0n) is 13.3. The van der Waals surface area contributed by atoms with E-state index in [0.717, 1.165) is 30.5 Å². The van der Waals surface area contributed by atoms with Crippen molar-refractivity contribution in [2.45, 2.75) is 25.9 Å². The maximum absolute atomic E-state index is 12.2. The first-order valence-corrected chi connectivity index (χ1v) is 7.85. The summed E-state index contributed by atoms with van der Waals surface area (Å²) in [4.78, 5) is 18.4. The molecule has 6 heteroatoms. The highest BCUT2D eigenvalue weighted by molar-refractivity contribution is 5.77. The number of para-hydroxylation sites is 2. The summed E-state index contributed by atoms with van der Waals surface area (Å²) in [5.74, 6) is 0.156. The molecule has 0 aliphatic heterocycles. The Labute approximate surface area is 135 Å². The van der Waals surface area contributed by atoms with Crippen molar-refractivity contribution in [2.75, 3.05) is 13.6 Å². The molecule has 0 saturated carbocycles. The third-order valence-electron chi connectivity index (χ3n) is 3.96. The van der Waals surface area contributed by atoms with Crippen LogP contribution in [0.1, 0.15) is 12.8 Å². The molecule has 0 aliphatic carbocycles. The number of imidazole rings is 1. The van der Waals surface area contributed by atoms with Gasteiger partial charge in [0, 0.05) is 45.5 Å². The fourth-order valence-corrected chi connectivity index (χ4v) is 2.62. The minimum atomic E-state index is 0.156. The van der Waals surface area contributed by atoms with Crippen LogP contribution in [0.15, 0.2) is 49.1 Å². The molecule has 3 rings (SSSR count). The molecule has 2 heterocycles. The zero-order chi connectivity index (χ0) is 16.1. The summed E-state index contributed by atoms with van der Waals surface area (Å²) in [6.07, 6.45) is 6.89. The van der Waals surface area contributed by atoms with Crippen LogP contribution in [-0.4, -0.2) is 43.7 Å². The first-order valence-electron chi connectivity index (χ1n) is 7.85. The molecule has 0 fully saturated rings. The number of hydrogen-bond donors (Lipinski definition) is 0. The second kappa shape index (κ2) is 7.09. The van der Waals surface area contributed by atoms with Crippen LogP contribution in [0.4, 0.5) is 0 Å². The maximum atomic E-state index is 12.2. The SMILES string of the molecule is CN(CCCn1cccn1)C(=O)CCn1cnc2ccccc21. The minimum absolute atomic E-state index is 0.156. The monoisotopic (exact) mass is 311 g/mol. The van der Waals surface area contributed by atoms with E-state index in [1.165, 1.54) is 0 Å². The van der Waals surface area contributed by atoms with E-state index in [9.17, 15) is 4.79 Å². The molecule has 0 saturated heterocycles. The highest BCUT2D eigenvalue weighted by atomic mass is 16.2. The van der Waals surface area contributed by atoms with Crippen LogP contribution in [0.5, 0.6) is 0 Å². The van der Waals surface area contributed by atoms with Crippen molar-refractivity contribution in [1.29, 1.82) is 0 Å². The van der Waals surface area contributed by atoms with Gasteiger partial charge in [-0.05, 0) is 24.6 Å². The Morgan fingerprint density at radius 2 is 2.09 bits per heavy atom. The Hall–Kier alpha value is -2.63. The maximum Gasteiger partial charge on any atom is 0.224 e. The summed E-state index contributed by atoms with van der Waals surface area (Å²) < 4.78 is 3.92. The molecule has 2 aromatic heterocycles. The van der Waals surface area contributed by atoms with Crippen molar-refractivity contribution < 1.29 is 4.79 Å². The normalized spacial score (nSPS) is 11.0. The standard InChI is InChI=1S/C17H21N5O/c1-20(10-5-12-22-11-4-9-19-22)17(23)8-13-21-14-18-15-6-2-3-7-16(15)21/h2-4,6-7,9,11,14H,5,8,10,12-13H2,1H3. The van der Waals surface area contributed by atoms with Gasteiger partial charge in [0.05, 0.1) is 17.4 Å². The number of aromatic nitrogens is 4. The van der Waals surface area contributed by atoms with Crippen molar-refractivity contribution in [3.05, 3.63) is 49.1 Å². The molecule has 23 heavy (non-hydrogen) atoms. The molecule has 3 aromatic rings. The fourth-order valence-electron chi connectivity index (χ4n) is 2.62. The van der Waals surface area contributed by atoms with Gasteiger partial charge in [0.1, 0.15) is 0 Å². The molecular formula is C17H21N5O. The lowest BCUT2D eigenvalue weighted by Gasteiger charge is -2.17. The number of hydrogen-bond acceptors (Lipinski definition) is 3. The first kappa shape index (κ1) is 15.3. The molecule has 0 aliphatic rings. The van der Waals surface area contributed by atoms with Gasteiger partial charge in [-0.1, -0.05) is 12.1 Å². The lowest BCUT2D eigenvalue weighted by atomic mass is 10.3. The molecule has 0 radical (unpaired) electrons. The highest BCUT2D eigenvalue weighted by Gasteiger charge is 2.10. The zero-order valence-corrected chi connectivity index (χ0v) is 13.3. The quantitative estimate of drug-likeness (QED) is 0.672. The average Bonchev–Trinajstić information content (AvgIpc) is 3.22. The first-order chi connectivity index (χ1) is 11.2. The molecule has 0 spiro atoms. The van der Waals surface area contributed by atoms with E-state index in [-0.39, 0.29) is 5.91 Å². The Bertz CT molecular complexity index is 762. The lowest BCUT2D eigenvalue weighted by Crippen LogP contribution is -2.29. The van der Waals surface area contributed by atoms with Crippen LogP contribution in [-0.2, 0) is 17.9 Å². The third-order valence-corrected chi connectivity index (χ3v) is 3.96. The van der Waals surface area contributed by atoms with E-state index in [0.29, 0.717) is 13.0 Å². The molecule has 1 aromatic carbocycles. The molecule has 0 bridgehead atoms. The van der Waals surface area contributed by atoms with Gasteiger partial charge in [0.15, 0.2) is 0 Å². The number of amides is 1. The van der Waals surface area contributed by atoms with Crippen LogP contribution < -0.4 is 0 Å². The molecule has 6 nitrogen and oxygen atoms in total. The molecule has 120 valence electrons. The van der Waals surface area contributed by atoms with Crippen molar-refractivity contribution in [3.63, 3.8) is 0 Å². The van der Waals surface area contributed by atoms with Crippen molar-refractivity contribution in [3.8, 4) is 0 Å². The van der Waals surface area contributed by atoms with Gasteiger partial charge in [0.25, 0.3) is 0 Å². The van der Waals surface area contributed by atoms with Gasteiger partial charge in [0.2, 0.25) is 5.91 Å². The van der Waals surface area contributed by atoms with E-state index in [2.05, 4.69) is 10.1 Å². The summed E-state index contributed by atoms with van der Waals surface area (Å²) in [5.41, 5.74) is 2.04. The third kappa shape index (κ3) is 3.77. The highest BCUT2D eigenvalue weighted by Crippen LogP contribution is 2.12. The van der Waals surface area contributed by atoms with Crippen LogP contribution >= 0.6 is 0 Å². The predicted octanol–water partition coefficient (Wildman–Crippen LogP) is 2.17. The number of aryl methyl sites for hydroxylation is 2. The van der Waals surface area contributed by atoms with Gasteiger partial charge in [-0.2, -0.15) is 5.10 Å². The van der Waals surface area contributed by atoms with Crippen LogP contribution in [0, 0.1) is 0 Å². The van der Waals surface area contributed by atoms with Crippen molar-refractivity contribution >= 4 is 16.9 Å². The molecule has 0 N–H and O–H groups in total. The summed E-state index contributed by atoms with van der Waals surface area (Å²) >= 11 is 0. The van der Waals surface area contributed by atoms with Crippen LogP contribution in [0.3, 0.4) is 0 Å². The predicted molar refractivity (Wildman–Crippen MR) is 88.8 cm³/mol. The van der Waals surface area contributed by atoms with Gasteiger partial charge in [-0.3, -0.25) is 9.48 Å². The molecular weight excluding hydrogens is 290 g/mol. The van der Waals surface area contributed by atoms with Crippen molar-refractivity contribution in [2.24, 2.45) is 0 Å². The van der Waals surface area contributed by atoms with E-state index in [1.807, 2.05) is 52.8 Å². The largest absolute Gasteiger partial charge is 0.346 e. The Morgan fingerprint density at radius 3 is 2.91 bits per heavy atom. The van der Waals surface area contributed by atoms with Gasteiger partial charge in [-0.15, -0.1) is 0 Å². The van der Waals surface area contributed by atoms with E-state index >= 15 is 0 Å². The summed E-state index contributed by atoms with van der Waals surface area (Å²) in [5, 5.41) is 4.16. The second-order valence-corrected chi connectivity index (χ2v) is 5.61. The Morgan fingerprint density at radius 1 is 1.22 bits per heavy atom. The number of fused-ring (bicyclic) bond motifs is 1. The van der Waals surface area contributed by atoms with E-state index < -0.39 is 0 Å². The smallest absolute Gasteiger partial charge is 0.224 e. The number of nitrogens with zero attached hydrogens (tertiary/aromatic N) is 5. The molecule has 0 atom stereocenters. The van der Waals surface area contributed by atoms with Crippen LogP contribution in [0.2, 0.25) is 0 Å². The van der Waals surface area contributed by atoms with Gasteiger partial charge < -0.3 is 9.47 Å². The van der Waals surface area contributed by atoms with E-state index in [1.54, 1.807) is 17.4 Å². The lowest BCUT2D eigenvalue weighted by molar-refractivity contribution is -0.130. The summed E-state index contributed by atoms with van der Waals surface area (Å²) in [6, 6.07) is 9.88. The van der Waals surface area contributed by atoms with Crippen LogP contribution in [0.25, 0.3) is 11.0 Å². The minimum Gasteiger partial charge on any atom is -0.346 e. The number of benzene rings is 1. The molecule has 1 amide bonds.